The van der Waals surface area contributed by atoms with Crippen molar-refractivity contribution < 1.29 is 9.90 Å². The molecule has 0 saturated heterocycles. The van der Waals surface area contributed by atoms with Crippen LogP contribution in [0.25, 0.3) is 0 Å². The fourth-order valence-electron chi connectivity index (χ4n) is 3.62. The third-order valence-corrected chi connectivity index (χ3v) is 5.22. The van der Waals surface area contributed by atoms with Gasteiger partial charge in [0, 0.05) is 11.7 Å². The highest BCUT2D eigenvalue weighted by Crippen LogP contribution is 2.32. The van der Waals surface area contributed by atoms with Crippen LogP contribution in [0, 0.1) is 11.8 Å². The summed E-state index contributed by atoms with van der Waals surface area (Å²) in [4.78, 5) is 16.1. The first kappa shape index (κ1) is 14.4. The van der Waals surface area contributed by atoms with Gasteiger partial charge in [0.25, 0.3) is 0 Å². The van der Waals surface area contributed by atoms with E-state index in [1.54, 1.807) is 0 Å². The molecule has 114 valence electrons. The lowest BCUT2D eigenvalue weighted by molar-refractivity contribution is 0.0697. The van der Waals surface area contributed by atoms with Crippen LogP contribution in [0.15, 0.2) is 6.07 Å². The van der Waals surface area contributed by atoms with Gasteiger partial charge in [0.15, 0.2) is 0 Å². The van der Waals surface area contributed by atoms with Crippen LogP contribution in [-0.2, 0) is 12.8 Å². The van der Waals surface area contributed by atoms with Crippen LogP contribution >= 0.6 is 0 Å². The number of rotatable bonds is 3. The molecule has 3 unspecified atom stereocenters. The normalized spacial score (nSPS) is 28.2. The fourth-order valence-corrected chi connectivity index (χ4v) is 3.62. The van der Waals surface area contributed by atoms with Gasteiger partial charge in [0.1, 0.15) is 11.4 Å². The maximum atomic E-state index is 11.5. The summed E-state index contributed by atoms with van der Waals surface area (Å²) in [6.07, 6.45) is 6.42. The summed E-state index contributed by atoms with van der Waals surface area (Å²) < 4.78 is 0. The molecule has 0 spiro atoms. The molecule has 21 heavy (non-hydrogen) atoms. The number of fused-ring (bicyclic) bond motifs is 1. The number of aryl methyl sites for hydroxylation is 2. The number of aromatic nitrogens is 1. The quantitative estimate of drug-likeness (QED) is 0.893. The van der Waals surface area contributed by atoms with Crippen LogP contribution in [0.1, 0.15) is 61.1 Å². The van der Waals surface area contributed by atoms with E-state index in [1.165, 1.54) is 6.42 Å². The molecule has 2 N–H and O–H groups in total. The van der Waals surface area contributed by atoms with Crippen LogP contribution < -0.4 is 5.32 Å². The molecule has 3 rings (SSSR count). The van der Waals surface area contributed by atoms with E-state index in [4.69, 9.17) is 0 Å². The zero-order valence-corrected chi connectivity index (χ0v) is 12.9. The van der Waals surface area contributed by atoms with Gasteiger partial charge < -0.3 is 10.4 Å². The summed E-state index contributed by atoms with van der Waals surface area (Å²) in [7, 11) is 0. The molecule has 1 heterocycles. The van der Waals surface area contributed by atoms with Crippen molar-refractivity contribution in [3.8, 4) is 0 Å². The van der Waals surface area contributed by atoms with E-state index in [-0.39, 0.29) is 0 Å². The molecule has 1 saturated carbocycles. The zero-order chi connectivity index (χ0) is 15.0. The highest BCUT2D eigenvalue weighted by atomic mass is 16.4. The molecule has 3 atom stereocenters. The fraction of sp³-hybridized carbons (Fsp3) is 0.647. The molecule has 0 aliphatic heterocycles. The average Bonchev–Trinajstić information content (AvgIpc) is 2.89. The number of anilines is 1. The second-order valence-electron chi connectivity index (χ2n) is 6.76. The van der Waals surface area contributed by atoms with E-state index in [9.17, 15) is 9.90 Å². The van der Waals surface area contributed by atoms with Crippen molar-refractivity contribution in [1.82, 2.24) is 4.98 Å². The Bertz CT molecular complexity index is 556. The predicted molar refractivity (Wildman–Crippen MR) is 82.8 cm³/mol. The molecule has 0 bridgehead atoms. The topological polar surface area (TPSA) is 62.2 Å². The molecule has 4 heteroatoms. The second-order valence-corrected chi connectivity index (χ2v) is 6.76. The first-order valence-electron chi connectivity index (χ1n) is 8.07. The van der Waals surface area contributed by atoms with Gasteiger partial charge in [0.2, 0.25) is 0 Å². The first-order valence-corrected chi connectivity index (χ1v) is 8.07. The Balaban J connectivity index is 1.83. The molecule has 0 radical (unpaired) electrons. The molecular formula is C17H24N2O2. The largest absolute Gasteiger partial charge is 0.478 e. The maximum Gasteiger partial charge on any atom is 0.339 e. The number of hydrogen-bond acceptors (Lipinski definition) is 3. The summed E-state index contributed by atoms with van der Waals surface area (Å²) in [5, 5.41) is 12.9. The summed E-state index contributed by atoms with van der Waals surface area (Å²) in [5.41, 5.74) is 2.53. The Labute approximate surface area is 126 Å². The third kappa shape index (κ3) is 2.89. The van der Waals surface area contributed by atoms with E-state index in [0.717, 1.165) is 49.3 Å². The molecule has 1 aromatic rings. The second kappa shape index (κ2) is 5.66. The summed E-state index contributed by atoms with van der Waals surface area (Å²) in [6, 6.07) is 2.18. The number of pyridine rings is 1. The lowest BCUT2D eigenvalue weighted by Gasteiger charge is -2.33. The Morgan fingerprint density at radius 3 is 2.81 bits per heavy atom. The number of carboxylic acid groups (broad SMARTS) is 1. The van der Waals surface area contributed by atoms with E-state index in [1.807, 2.05) is 6.07 Å². The number of nitrogens with zero attached hydrogens (tertiary/aromatic N) is 1. The molecule has 1 fully saturated rings. The molecule has 2 aliphatic rings. The van der Waals surface area contributed by atoms with Crippen molar-refractivity contribution in [3.63, 3.8) is 0 Å². The first-order chi connectivity index (χ1) is 10.0. The van der Waals surface area contributed by atoms with E-state index >= 15 is 0 Å². The Morgan fingerprint density at radius 1 is 1.29 bits per heavy atom. The number of aromatic carboxylic acids is 1. The van der Waals surface area contributed by atoms with Crippen molar-refractivity contribution in [2.45, 2.75) is 58.4 Å². The Morgan fingerprint density at radius 2 is 2.10 bits per heavy atom. The summed E-state index contributed by atoms with van der Waals surface area (Å²) >= 11 is 0. The SMILES string of the molecule is CC1CCC(Nc2nc3c(cc2C(=O)O)CCC3)CC1C. The number of carboxylic acids is 1. The van der Waals surface area contributed by atoms with Gasteiger partial charge in [-0.05, 0) is 62.0 Å². The highest BCUT2D eigenvalue weighted by Gasteiger charge is 2.27. The smallest absolute Gasteiger partial charge is 0.339 e. The van der Waals surface area contributed by atoms with Crippen molar-refractivity contribution in [2.24, 2.45) is 11.8 Å². The standard InChI is InChI=1S/C17H24N2O2/c1-10-6-7-13(8-11(10)2)18-16-14(17(20)21)9-12-4-3-5-15(12)19-16/h9-11,13H,3-8H2,1-2H3,(H,18,19)(H,20,21). The van der Waals surface area contributed by atoms with Crippen molar-refractivity contribution in [2.75, 3.05) is 5.32 Å². The molecular weight excluding hydrogens is 264 g/mol. The minimum absolute atomic E-state index is 0.335. The van der Waals surface area contributed by atoms with Gasteiger partial charge in [-0.3, -0.25) is 0 Å². The highest BCUT2D eigenvalue weighted by molar-refractivity contribution is 5.93. The van der Waals surface area contributed by atoms with Crippen molar-refractivity contribution in [1.29, 1.82) is 0 Å². The molecule has 1 aromatic heterocycles. The summed E-state index contributed by atoms with van der Waals surface area (Å²) in [6.45, 7) is 4.59. The lowest BCUT2D eigenvalue weighted by atomic mass is 9.79. The van der Waals surface area contributed by atoms with E-state index in [2.05, 4.69) is 24.1 Å². The summed E-state index contributed by atoms with van der Waals surface area (Å²) in [5.74, 6) is 1.14. The van der Waals surface area contributed by atoms with Gasteiger partial charge in [-0.2, -0.15) is 0 Å². The van der Waals surface area contributed by atoms with Crippen LogP contribution in [0.5, 0.6) is 0 Å². The van der Waals surface area contributed by atoms with Gasteiger partial charge >= 0.3 is 5.97 Å². The van der Waals surface area contributed by atoms with Gasteiger partial charge in [-0.15, -0.1) is 0 Å². The van der Waals surface area contributed by atoms with Crippen LogP contribution in [0.2, 0.25) is 0 Å². The zero-order valence-electron chi connectivity index (χ0n) is 12.9. The van der Waals surface area contributed by atoms with Crippen molar-refractivity contribution in [3.05, 3.63) is 22.9 Å². The predicted octanol–water partition coefficient (Wildman–Crippen LogP) is 3.51. The van der Waals surface area contributed by atoms with E-state index < -0.39 is 5.97 Å². The molecule has 0 aromatic carbocycles. The number of nitrogens with one attached hydrogen (secondary N) is 1. The minimum atomic E-state index is -0.878. The van der Waals surface area contributed by atoms with Crippen molar-refractivity contribution >= 4 is 11.8 Å². The Kier molecular flexibility index (Phi) is 3.87. The Hall–Kier alpha value is -1.58. The lowest BCUT2D eigenvalue weighted by Crippen LogP contribution is -2.31. The van der Waals surface area contributed by atoms with E-state index in [0.29, 0.717) is 23.3 Å². The molecule has 0 amide bonds. The van der Waals surface area contributed by atoms with Crippen LogP contribution in [0.3, 0.4) is 0 Å². The third-order valence-electron chi connectivity index (χ3n) is 5.22. The molecule has 2 aliphatic carbocycles. The monoisotopic (exact) mass is 288 g/mol. The van der Waals surface area contributed by atoms with Crippen LogP contribution in [0.4, 0.5) is 5.82 Å². The maximum absolute atomic E-state index is 11.5. The molecule has 4 nitrogen and oxygen atoms in total. The number of hydrogen-bond donors (Lipinski definition) is 2. The van der Waals surface area contributed by atoms with Gasteiger partial charge in [-0.1, -0.05) is 13.8 Å². The minimum Gasteiger partial charge on any atom is -0.478 e. The van der Waals surface area contributed by atoms with Crippen LogP contribution in [-0.4, -0.2) is 22.1 Å². The average molecular weight is 288 g/mol. The van der Waals surface area contributed by atoms with Gasteiger partial charge in [0.05, 0.1) is 0 Å². The van der Waals surface area contributed by atoms with Gasteiger partial charge in [-0.25, -0.2) is 9.78 Å². The number of carbonyl (C=O) groups is 1.